The monoisotopic (exact) mass is 379 g/mol. The second-order valence-electron chi connectivity index (χ2n) is 6.54. The van der Waals surface area contributed by atoms with Gasteiger partial charge in [0, 0.05) is 18.5 Å². The Kier molecular flexibility index (Phi) is 5.30. The minimum absolute atomic E-state index is 0.0485. The van der Waals surface area contributed by atoms with Crippen molar-refractivity contribution in [3.63, 3.8) is 0 Å². The number of hydrogen-bond acceptors (Lipinski definition) is 3. The molecule has 0 aliphatic carbocycles. The smallest absolute Gasteiger partial charge is 0.416 e. The van der Waals surface area contributed by atoms with Crippen LogP contribution in [0.1, 0.15) is 27.9 Å². The van der Waals surface area contributed by atoms with E-state index in [4.69, 9.17) is 9.47 Å². The topological polar surface area (TPSA) is 38.8 Å². The van der Waals surface area contributed by atoms with Gasteiger partial charge in [-0.2, -0.15) is 13.2 Å². The Balaban J connectivity index is 1.67. The fourth-order valence-electron chi connectivity index (χ4n) is 3.11. The molecule has 0 spiro atoms. The van der Waals surface area contributed by atoms with Gasteiger partial charge in [-0.15, -0.1) is 0 Å². The van der Waals surface area contributed by atoms with Crippen molar-refractivity contribution in [2.24, 2.45) is 0 Å². The van der Waals surface area contributed by atoms with Crippen LogP contribution in [0.25, 0.3) is 0 Å². The van der Waals surface area contributed by atoms with Gasteiger partial charge in [-0.3, -0.25) is 4.79 Å². The summed E-state index contributed by atoms with van der Waals surface area (Å²) in [4.78, 5) is 14.2. The normalized spacial score (nSPS) is 17.1. The fourth-order valence-corrected chi connectivity index (χ4v) is 3.11. The molecule has 0 aromatic heterocycles. The van der Waals surface area contributed by atoms with Crippen LogP contribution >= 0.6 is 0 Å². The molecule has 0 saturated carbocycles. The molecule has 144 valence electrons. The van der Waals surface area contributed by atoms with Gasteiger partial charge in [0.05, 0.1) is 19.2 Å². The first-order valence-corrected chi connectivity index (χ1v) is 8.55. The number of benzene rings is 2. The molecule has 2 aromatic rings. The molecule has 1 saturated heterocycles. The zero-order valence-electron chi connectivity index (χ0n) is 15.0. The van der Waals surface area contributed by atoms with Crippen LogP contribution in [-0.2, 0) is 6.18 Å². The second-order valence-corrected chi connectivity index (χ2v) is 6.54. The summed E-state index contributed by atoms with van der Waals surface area (Å²) in [5, 5.41) is 0. The number of alkyl halides is 3. The SMILES string of the molecule is COc1ccc(O[C@@H]2CCN(C(=O)c3cc(C)cc(C(F)(F)F)c3)C2)cc1. The van der Waals surface area contributed by atoms with E-state index in [0.29, 0.717) is 36.6 Å². The average molecular weight is 379 g/mol. The van der Waals surface area contributed by atoms with Crippen molar-refractivity contribution in [2.45, 2.75) is 25.6 Å². The molecule has 1 heterocycles. The molecule has 2 aromatic carbocycles. The molecule has 1 aliphatic rings. The number of amides is 1. The third-order valence-corrected chi connectivity index (χ3v) is 4.45. The Morgan fingerprint density at radius 2 is 1.78 bits per heavy atom. The van der Waals surface area contributed by atoms with E-state index in [1.54, 1.807) is 38.3 Å². The fraction of sp³-hybridized carbons (Fsp3) is 0.350. The van der Waals surface area contributed by atoms with Crippen molar-refractivity contribution in [1.29, 1.82) is 0 Å². The molecule has 1 amide bonds. The zero-order valence-corrected chi connectivity index (χ0v) is 15.0. The maximum Gasteiger partial charge on any atom is 0.416 e. The average Bonchev–Trinajstić information content (AvgIpc) is 3.09. The number of likely N-dealkylation sites (tertiary alicyclic amines) is 1. The van der Waals surface area contributed by atoms with Crippen LogP contribution in [0.15, 0.2) is 42.5 Å². The van der Waals surface area contributed by atoms with Crippen LogP contribution in [-0.4, -0.2) is 37.1 Å². The van der Waals surface area contributed by atoms with Gasteiger partial charge < -0.3 is 14.4 Å². The second kappa shape index (κ2) is 7.50. The van der Waals surface area contributed by atoms with Gasteiger partial charge in [-0.1, -0.05) is 0 Å². The highest BCUT2D eigenvalue weighted by molar-refractivity contribution is 5.94. The lowest BCUT2D eigenvalue weighted by molar-refractivity contribution is -0.137. The number of nitrogens with zero attached hydrogens (tertiary/aromatic N) is 1. The number of halogens is 3. The molecule has 1 atom stereocenters. The summed E-state index contributed by atoms with van der Waals surface area (Å²) in [6.07, 6.45) is -4.06. The van der Waals surface area contributed by atoms with Crippen molar-refractivity contribution in [3.8, 4) is 11.5 Å². The van der Waals surface area contributed by atoms with Gasteiger partial charge >= 0.3 is 6.18 Å². The predicted molar refractivity (Wildman–Crippen MR) is 94.1 cm³/mol. The molecule has 27 heavy (non-hydrogen) atoms. The summed E-state index contributed by atoms with van der Waals surface area (Å²) in [6, 6.07) is 10.5. The number of hydrogen-bond donors (Lipinski definition) is 0. The summed E-state index contributed by atoms with van der Waals surface area (Å²) in [7, 11) is 1.58. The summed E-state index contributed by atoms with van der Waals surface area (Å²) in [5.74, 6) is 0.959. The quantitative estimate of drug-likeness (QED) is 0.794. The number of methoxy groups -OCH3 is 1. The lowest BCUT2D eigenvalue weighted by Gasteiger charge is -2.18. The Morgan fingerprint density at radius 1 is 1.11 bits per heavy atom. The summed E-state index contributed by atoms with van der Waals surface area (Å²) >= 11 is 0. The number of carbonyl (C=O) groups excluding carboxylic acids is 1. The van der Waals surface area contributed by atoms with E-state index in [2.05, 4.69) is 0 Å². The molecule has 0 radical (unpaired) electrons. The molecule has 1 fully saturated rings. The highest BCUT2D eigenvalue weighted by Crippen LogP contribution is 2.31. The van der Waals surface area contributed by atoms with Crippen molar-refractivity contribution in [2.75, 3.05) is 20.2 Å². The van der Waals surface area contributed by atoms with Gasteiger partial charge in [-0.25, -0.2) is 0 Å². The molecule has 1 aliphatic heterocycles. The Labute approximate surface area is 155 Å². The van der Waals surface area contributed by atoms with E-state index in [9.17, 15) is 18.0 Å². The maximum absolute atomic E-state index is 13.0. The van der Waals surface area contributed by atoms with E-state index >= 15 is 0 Å². The Hall–Kier alpha value is -2.70. The first-order valence-electron chi connectivity index (χ1n) is 8.55. The minimum atomic E-state index is -4.48. The standard InChI is InChI=1S/C20H20F3NO3/c1-13-9-14(11-15(10-13)20(21,22)23)19(25)24-8-7-18(12-24)27-17-5-3-16(26-2)4-6-17/h3-6,9-11,18H,7-8,12H2,1-2H3/t18-/m1/s1. The predicted octanol–water partition coefficient (Wildman–Crippen LogP) is 4.32. The molecule has 0 N–H and O–H groups in total. The summed E-state index contributed by atoms with van der Waals surface area (Å²) in [5.41, 5.74) is -0.359. The first kappa shape index (κ1) is 19.1. The van der Waals surface area contributed by atoms with Gasteiger partial charge in [0.1, 0.15) is 17.6 Å². The third kappa shape index (κ3) is 4.53. The Bertz CT molecular complexity index is 818. The van der Waals surface area contributed by atoms with E-state index in [1.807, 2.05) is 0 Å². The Morgan fingerprint density at radius 3 is 2.41 bits per heavy atom. The van der Waals surface area contributed by atoms with Crippen LogP contribution in [0, 0.1) is 6.92 Å². The molecule has 4 nitrogen and oxygen atoms in total. The number of rotatable bonds is 4. The van der Waals surface area contributed by atoms with E-state index in [0.717, 1.165) is 12.1 Å². The van der Waals surface area contributed by atoms with Crippen LogP contribution in [0.5, 0.6) is 11.5 Å². The minimum Gasteiger partial charge on any atom is -0.497 e. The molecule has 3 rings (SSSR count). The summed E-state index contributed by atoms with van der Waals surface area (Å²) in [6.45, 7) is 2.32. The molecular weight excluding hydrogens is 359 g/mol. The number of ether oxygens (including phenoxy) is 2. The molecule has 7 heteroatoms. The largest absolute Gasteiger partial charge is 0.497 e. The zero-order chi connectivity index (χ0) is 19.6. The lowest BCUT2D eigenvalue weighted by atomic mass is 10.1. The van der Waals surface area contributed by atoms with Crippen molar-refractivity contribution in [1.82, 2.24) is 4.90 Å². The van der Waals surface area contributed by atoms with Crippen molar-refractivity contribution in [3.05, 3.63) is 59.2 Å². The number of aryl methyl sites for hydroxylation is 1. The van der Waals surface area contributed by atoms with Gasteiger partial charge in [-0.05, 0) is 55.0 Å². The first-order chi connectivity index (χ1) is 12.8. The molecule has 0 bridgehead atoms. The van der Waals surface area contributed by atoms with E-state index in [1.165, 1.54) is 11.0 Å². The summed E-state index contributed by atoms with van der Waals surface area (Å²) < 4.78 is 49.9. The molecule has 0 unspecified atom stereocenters. The highest BCUT2D eigenvalue weighted by Gasteiger charge is 2.33. The maximum atomic E-state index is 13.0. The van der Waals surface area contributed by atoms with Gasteiger partial charge in [0.25, 0.3) is 5.91 Å². The van der Waals surface area contributed by atoms with Gasteiger partial charge in [0.2, 0.25) is 0 Å². The van der Waals surface area contributed by atoms with Gasteiger partial charge in [0.15, 0.2) is 0 Å². The van der Waals surface area contributed by atoms with Crippen LogP contribution < -0.4 is 9.47 Å². The van der Waals surface area contributed by atoms with E-state index < -0.39 is 17.6 Å². The van der Waals surface area contributed by atoms with Crippen LogP contribution in [0.2, 0.25) is 0 Å². The number of carbonyl (C=O) groups is 1. The van der Waals surface area contributed by atoms with Crippen molar-refractivity contribution < 1.29 is 27.4 Å². The molecular formula is C20H20F3NO3. The highest BCUT2D eigenvalue weighted by atomic mass is 19.4. The lowest BCUT2D eigenvalue weighted by Crippen LogP contribution is -2.31. The van der Waals surface area contributed by atoms with Crippen LogP contribution in [0.4, 0.5) is 13.2 Å². The van der Waals surface area contributed by atoms with Crippen molar-refractivity contribution >= 4 is 5.91 Å². The third-order valence-electron chi connectivity index (χ3n) is 4.45. The van der Waals surface area contributed by atoms with Crippen LogP contribution in [0.3, 0.4) is 0 Å². The van der Waals surface area contributed by atoms with E-state index in [-0.39, 0.29) is 11.7 Å².